The van der Waals surface area contributed by atoms with Gasteiger partial charge in [0, 0.05) is 23.5 Å². The zero-order chi connectivity index (χ0) is 29.7. The molecule has 1 atom stereocenters. The van der Waals surface area contributed by atoms with Crippen LogP contribution in [0.25, 0.3) is 11.3 Å². The first-order valence-corrected chi connectivity index (χ1v) is 14.1. The highest BCUT2D eigenvalue weighted by atomic mass is 19.3. The van der Waals surface area contributed by atoms with Crippen LogP contribution in [0, 0.1) is 18.8 Å². The molecule has 0 saturated heterocycles. The highest BCUT2D eigenvalue weighted by Gasteiger charge is 2.39. The number of carbonyl (C=O) groups is 1. The Bertz CT molecular complexity index is 1510. The van der Waals surface area contributed by atoms with E-state index in [2.05, 4.69) is 20.3 Å². The van der Waals surface area contributed by atoms with Gasteiger partial charge < -0.3 is 15.2 Å². The molecule has 3 aromatic heterocycles. The maximum atomic E-state index is 13.1. The van der Waals surface area contributed by atoms with Gasteiger partial charge in [0.25, 0.3) is 6.43 Å². The van der Waals surface area contributed by atoms with Gasteiger partial charge in [-0.3, -0.25) is 9.78 Å². The van der Waals surface area contributed by atoms with Crippen molar-refractivity contribution in [3.8, 4) is 11.3 Å². The third kappa shape index (κ3) is 6.97. The molecule has 0 aliphatic heterocycles. The number of aliphatic hydroxyl groups is 1. The second kappa shape index (κ2) is 12.7. The minimum atomic E-state index is -2.59. The average molecular weight is 573 g/mol. The second-order valence-electron chi connectivity index (χ2n) is 11.0. The van der Waals surface area contributed by atoms with Crippen LogP contribution < -0.4 is 5.32 Å². The Morgan fingerprint density at radius 3 is 2.48 bits per heavy atom. The molecular weight excluding hydrogens is 538 g/mol. The van der Waals surface area contributed by atoms with E-state index in [0.717, 1.165) is 16.7 Å². The molecule has 0 bridgehead atoms. The van der Waals surface area contributed by atoms with Gasteiger partial charge in [-0.25, -0.2) is 18.7 Å². The fourth-order valence-corrected chi connectivity index (χ4v) is 5.45. The predicted molar refractivity (Wildman–Crippen MR) is 156 cm³/mol. The number of nitrogens with one attached hydrogen (secondary N) is 1. The van der Waals surface area contributed by atoms with Crippen molar-refractivity contribution in [3.63, 3.8) is 0 Å². The Labute approximate surface area is 244 Å². The van der Waals surface area contributed by atoms with Crippen LogP contribution in [-0.2, 0) is 21.7 Å². The standard InChI is InChI=1S/C33H34F2N4O3/c1-21-16-27(38-30(17-21)39-29-18-24(31(34)35)14-15-36-29)25-10-13-28(37-19-25)33(2,41)26-11-8-23(9-12-26)32(40)42-20-22-6-4-3-5-7-22/h3-7,10,13-19,23,26,31,41H,8-9,11-12,20H2,1-2H3,(H,36,38,39)/t23-,26-,33?. The first-order chi connectivity index (χ1) is 20.2. The minimum absolute atomic E-state index is 0.0431. The van der Waals surface area contributed by atoms with Gasteiger partial charge in [0.15, 0.2) is 0 Å². The number of ether oxygens (including phenoxy) is 1. The maximum absolute atomic E-state index is 13.1. The molecule has 0 radical (unpaired) electrons. The molecule has 42 heavy (non-hydrogen) atoms. The second-order valence-corrected chi connectivity index (χ2v) is 11.0. The van der Waals surface area contributed by atoms with Crippen LogP contribution in [-0.4, -0.2) is 26.0 Å². The molecule has 1 aliphatic rings. The predicted octanol–water partition coefficient (Wildman–Crippen LogP) is 7.29. The Morgan fingerprint density at radius 2 is 1.79 bits per heavy atom. The molecule has 1 fully saturated rings. The lowest BCUT2D eigenvalue weighted by atomic mass is 9.73. The molecule has 218 valence electrons. The van der Waals surface area contributed by atoms with Crippen LogP contribution in [0.4, 0.5) is 20.4 Å². The Hall–Kier alpha value is -4.24. The molecule has 4 aromatic rings. The summed E-state index contributed by atoms with van der Waals surface area (Å²) < 4.78 is 31.7. The summed E-state index contributed by atoms with van der Waals surface area (Å²) in [6.45, 7) is 3.96. The van der Waals surface area contributed by atoms with Gasteiger partial charge in [-0.15, -0.1) is 0 Å². The number of alkyl halides is 2. The maximum Gasteiger partial charge on any atom is 0.309 e. The lowest BCUT2D eigenvalue weighted by molar-refractivity contribution is -0.152. The molecule has 0 amide bonds. The molecule has 9 heteroatoms. The third-order valence-electron chi connectivity index (χ3n) is 7.92. The van der Waals surface area contributed by atoms with Gasteiger partial charge in [-0.2, -0.15) is 0 Å². The number of hydrogen-bond acceptors (Lipinski definition) is 7. The number of aromatic nitrogens is 3. The van der Waals surface area contributed by atoms with Crippen molar-refractivity contribution in [2.45, 2.75) is 58.2 Å². The summed E-state index contributed by atoms with van der Waals surface area (Å²) in [5.74, 6) is 0.355. The summed E-state index contributed by atoms with van der Waals surface area (Å²) in [7, 11) is 0. The first-order valence-electron chi connectivity index (χ1n) is 14.1. The summed E-state index contributed by atoms with van der Waals surface area (Å²) in [4.78, 5) is 26.0. The Balaban J connectivity index is 1.22. The smallest absolute Gasteiger partial charge is 0.309 e. The van der Waals surface area contributed by atoms with Gasteiger partial charge in [0.2, 0.25) is 0 Å². The Morgan fingerprint density at radius 1 is 1.02 bits per heavy atom. The summed E-state index contributed by atoms with van der Waals surface area (Å²) >= 11 is 0. The SMILES string of the molecule is Cc1cc(Nc2cc(C(F)F)ccn2)nc(-c2ccc(C(C)(O)[C@H]3CC[C@H](C(=O)OCc4ccccc4)CC3)nc2)c1. The fraction of sp³-hybridized carbons (Fsp3) is 0.333. The number of hydrogen-bond donors (Lipinski definition) is 2. The summed E-state index contributed by atoms with van der Waals surface area (Å²) in [5.41, 5.74) is 2.55. The van der Waals surface area contributed by atoms with E-state index >= 15 is 0 Å². The van der Waals surface area contributed by atoms with Gasteiger partial charge in [0.1, 0.15) is 23.8 Å². The zero-order valence-electron chi connectivity index (χ0n) is 23.6. The molecule has 3 heterocycles. The van der Waals surface area contributed by atoms with E-state index in [9.17, 15) is 18.7 Å². The van der Waals surface area contributed by atoms with Gasteiger partial charge in [-0.05, 0) is 93.0 Å². The minimum Gasteiger partial charge on any atom is -0.461 e. The van der Waals surface area contributed by atoms with E-state index < -0.39 is 12.0 Å². The van der Waals surface area contributed by atoms with Crippen molar-refractivity contribution in [3.05, 3.63) is 102 Å². The highest BCUT2D eigenvalue weighted by Crippen LogP contribution is 2.41. The van der Waals surface area contributed by atoms with E-state index in [4.69, 9.17) is 4.74 Å². The summed E-state index contributed by atoms with van der Waals surface area (Å²) in [6.07, 6.45) is 3.12. The highest BCUT2D eigenvalue weighted by molar-refractivity contribution is 5.72. The summed E-state index contributed by atoms with van der Waals surface area (Å²) in [5, 5.41) is 14.5. The Kier molecular flexibility index (Phi) is 8.87. The van der Waals surface area contributed by atoms with Crippen LogP contribution in [0.2, 0.25) is 0 Å². The van der Waals surface area contributed by atoms with Crippen molar-refractivity contribution >= 4 is 17.6 Å². The molecule has 1 saturated carbocycles. The number of halogens is 2. The van der Waals surface area contributed by atoms with Gasteiger partial charge in [0.05, 0.1) is 17.3 Å². The molecule has 7 nitrogen and oxygen atoms in total. The molecular formula is C33H34F2N4O3. The zero-order valence-corrected chi connectivity index (χ0v) is 23.6. The van der Waals surface area contributed by atoms with E-state index in [1.54, 1.807) is 25.3 Å². The summed E-state index contributed by atoms with van der Waals surface area (Å²) in [6, 6.07) is 19.6. The number of pyridine rings is 3. The van der Waals surface area contributed by atoms with Crippen LogP contribution in [0.3, 0.4) is 0 Å². The quantitative estimate of drug-likeness (QED) is 0.203. The van der Waals surface area contributed by atoms with Crippen molar-refractivity contribution in [2.24, 2.45) is 11.8 Å². The van der Waals surface area contributed by atoms with Crippen molar-refractivity contribution in [1.29, 1.82) is 0 Å². The molecule has 1 unspecified atom stereocenters. The monoisotopic (exact) mass is 572 g/mol. The number of carbonyl (C=O) groups excluding carboxylic acids is 1. The number of benzene rings is 1. The van der Waals surface area contributed by atoms with Gasteiger partial charge in [-0.1, -0.05) is 30.3 Å². The molecule has 0 spiro atoms. The number of nitrogens with zero attached hydrogens (tertiary/aromatic N) is 3. The van der Waals surface area contributed by atoms with Crippen LogP contribution in [0.5, 0.6) is 0 Å². The molecule has 1 aliphatic carbocycles. The van der Waals surface area contributed by atoms with E-state index in [1.165, 1.54) is 18.3 Å². The molecule has 1 aromatic carbocycles. The fourth-order valence-electron chi connectivity index (χ4n) is 5.45. The number of aryl methyl sites for hydroxylation is 1. The molecule has 2 N–H and O–H groups in total. The topological polar surface area (TPSA) is 97.2 Å². The largest absolute Gasteiger partial charge is 0.461 e. The van der Waals surface area contributed by atoms with Crippen molar-refractivity contribution in [1.82, 2.24) is 15.0 Å². The molecule has 5 rings (SSSR count). The number of esters is 1. The van der Waals surface area contributed by atoms with Crippen molar-refractivity contribution < 1.29 is 23.4 Å². The first kappa shape index (κ1) is 29.3. The van der Waals surface area contributed by atoms with E-state index in [1.807, 2.05) is 49.4 Å². The number of rotatable bonds is 9. The third-order valence-corrected chi connectivity index (χ3v) is 7.92. The average Bonchev–Trinajstić information content (AvgIpc) is 3.00. The van der Waals surface area contributed by atoms with Crippen molar-refractivity contribution in [2.75, 3.05) is 5.32 Å². The number of anilines is 2. The van der Waals surface area contributed by atoms with E-state index in [0.29, 0.717) is 42.9 Å². The van der Waals surface area contributed by atoms with Crippen LogP contribution >= 0.6 is 0 Å². The van der Waals surface area contributed by atoms with Crippen LogP contribution in [0.15, 0.2) is 79.1 Å². The normalized spacial score (nSPS) is 18.3. The van der Waals surface area contributed by atoms with Gasteiger partial charge >= 0.3 is 5.97 Å². The lowest BCUT2D eigenvalue weighted by Gasteiger charge is -2.37. The van der Waals surface area contributed by atoms with Crippen LogP contribution in [0.1, 0.15) is 61.4 Å². The lowest BCUT2D eigenvalue weighted by Crippen LogP contribution is -2.36. The van der Waals surface area contributed by atoms with E-state index in [-0.39, 0.29) is 35.8 Å².